The third-order valence-electron chi connectivity index (χ3n) is 3.25. The molecule has 1 aromatic heterocycles. The number of nitrogens with zero attached hydrogens (tertiary/aromatic N) is 1. The molecular weight excluding hydrogens is 276 g/mol. The molecular formula is C18H24N2O2. The Morgan fingerprint density at radius 3 is 2.50 bits per heavy atom. The molecule has 0 fully saturated rings. The minimum Gasteiger partial charge on any atom is -0.491 e. The smallest absolute Gasteiger partial charge is 0.274 e. The van der Waals surface area contributed by atoms with Gasteiger partial charge in [-0.1, -0.05) is 26.0 Å². The van der Waals surface area contributed by atoms with E-state index in [0.717, 1.165) is 17.0 Å². The molecule has 2 rings (SSSR count). The first-order valence-electron chi connectivity index (χ1n) is 7.65. The Morgan fingerprint density at radius 2 is 1.86 bits per heavy atom. The van der Waals surface area contributed by atoms with Crippen molar-refractivity contribution in [3.05, 3.63) is 46.8 Å². The highest BCUT2D eigenvalue weighted by Crippen LogP contribution is 2.25. The highest BCUT2D eigenvalue weighted by atomic mass is 16.5. The quantitative estimate of drug-likeness (QED) is 0.919. The van der Waals surface area contributed by atoms with E-state index in [1.807, 2.05) is 44.2 Å². The van der Waals surface area contributed by atoms with Crippen LogP contribution in [0.5, 0.6) is 5.75 Å². The summed E-state index contributed by atoms with van der Waals surface area (Å²) in [6.07, 6.45) is 0.111. The van der Waals surface area contributed by atoms with Gasteiger partial charge in [-0.3, -0.25) is 4.79 Å². The molecule has 0 unspecified atom stereocenters. The van der Waals surface area contributed by atoms with Crippen molar-refractivity contribution >= 4 is 5.69 Å². The molecule has 118 valence electrons. The van der Waals surface area contributed by atoms with Crippen LogP contribution < -0.4 is 16.0 Å². The lowest BCUT2D eigenvalue weighted by atomic mass is 10.1. The van der Waals surface area contributed by atoms with Crippen LogP contribution in [-0.2, 0) is 6.54 Å². The van der Waals surface area contributed by atoms with E-state index in [4.69, 9.17) is 10.5 Å². The van der Waals surface area contributed by atoms with Crippen LogP contribution in [0, 0.1) is 5.92 Å². The summed E-state index contributed by atoms with van der Waals surface area (Å²) in [6.45, 7) is 8.78. The Morgan fingerprint density at radius 1 is 1.14 bits per heavy atom. The number of nitrogen functional groups attached to an aromatic ring is 1. The Bertz CT molecular complexity index is 702. The molecule has 0 atom stereocenters. The van der Waals surface area contributed by atoms with Crippen LogP contribution in [0.2, 0.25) is 0 Å². The highest BCUT2D eigenvalue weighted by Gasteiger charge is 2.11. The van der Waals surface area contributed by atoms with E-state index >= 15 is 0 Å². The molecule has 0 saturated carbocycles. The Balaban J connectivity index is 2.52. The number of hydrogen-bond donors (Lipinski definition) is 1. The van der Waals surface area contributed by atoms with Crippen molar-refractivity contribution in [2.24, 2.45) is 5.92 Å². The minimum atomic E-state index is -0.138. The molecule has 4 heteroatoms. The van der Waals surface area contributed by atoms with E-state index in [-0.39, 0.29) is 17.4 Å². The molecule has 0 radical (unpaired) electrons. The number of benzene rings is 1. The molecule has 1 aromatic carbocycles. The van der Waals surface area contributed by atoms with Crippen LogP contribution in [0.15, 0.2) is 41.2 Å². The van der Waals surface area contributed by atoms with E-state index in [9.17, 15) is 4.79 Å². The fourth-order valence-electron chi connectivity index (χ4n) is 2.39. The third kappa shape index (κ3) is 3.70. The van der Waals surface area contributed by atoms with Crippen LogP contribution in [-0.4, -0.2) is 10.7 Å². The van der Waals surface area contributed by atoms with Gasteiger partial charge in [0.1, 0.15) is 5.75 Å². The summed E-state index contributed by atoms with van der Waals surface area (Å²) in [7, 11) is 0. The van der Waals surface area contributed by atoms with Gasteiger partial charge in [-0.25, -0.2) is 0 Å². The zero-order valence-electron chi connectivity index (χ0n) is 13.7. The van der Waals surface area contributed by atoms with Crippen LogP contribution >= 0.6 is 0 Å². The molecule has 0 spiro atoms. The number of hydrogen-bond acceptors (Lipinski definition) is 3. The van der Waals surface area contributed by atoms with E-state index in [1.165, 1.54) is 0 Å². The molecule has 0 aliphatic rings. The second-order valence-electron chi connectivity index (χ2n) is 6.18. The van der Waals surface area contributed by atoms with Gasteiger partial charge in [0.15, 0.2) is 0 Å². The predicted octanol–water partition coefficient (Wildman–Crippen LogP) is 3.54. The summed E-state index contributed by atoms with van der Waals surface area (Å²) in [5, 5.41) is 0. The van der Waals surface area contributed by atoms with Crippen molar-refractivity contribution in [2.75, 3.05) is 5.73 Å². The predicted molar refractivity (Wildman–Crippen MR) is 91.2 cm³/mol. The summed E-state index contributed by atoms with van der Waals surface area (Å²) in [5.41, 5.74) is 7.74. The fourth-order valence-corrected chi connectivity index (χ4v) is 2.39. The first-order chi connectivity index (χ1) is 10.4. The third-order valence-corrected chi connectivity index (χ3v) is 3.25. The first-order valence-corrected chi connectivity index (χ1v) is 7.65. The van der Waals surface area contributed by atoms with Crippen LogP contribution in [0.3, 0.4) is 0 Å². The van der Waals surface area contributed by atoms with Crippen LogP contribution in [0.4, 0.5) is 5.69 Å². The zero-order chi connectivity index (χ0) is 16.3. The molecule has 1 heterocycles. The standard InChI is InChI=1S/C18H24N2O2/c1-12(2)11-20-17(9-8-16(19)18(20)21)14-6-5-7-15(10-14)22-13(3)4/h5-10,12-13H,11,19H2,1-4H3. The molecule has 0 bridgehead atoms. The lowest BCUT2D eigenvalue weighted by Crippen LogP contribution is -2.26. The van der Waals surface area contributed by atoms with E-state index in [1.54, 1.807) is 10.6 Å². The van der Waals surface area contributed by atoms with Gasteiger partial charge in [0, 0.05) is 12.1 Å². The molecule has 0 aliphatic carbocycles. The van der Waals surface area contributed by atoms with Crippen molar-refractivity contribution in [3.8, 4) is 17.0 Å². The average molecular weight is 300 g/mol. The van der Waals surface area contributed by atoms with Crippen molar-refractivity contribution in [3.63, 3.8) is 0 Å². The SMILES string of the molecule is CC(C)Cn1c(-c2cccc(OC(C)C)c2)ccc(N)c1=O. The molecule has 4 nitrogen and oxygen atoms in total. The monoisotopic (exact) mass is 300 g/mol. The van der Waals surface area contributed by atoms with Gasteiger partial charge in [-0.05, 0) is 44.0 Å². The highest BCUT2D eigenvalue weighted by molar-refractivity contribution is 5.63. The second-order valence-corrected chi connectivity index (χ2v) is 6.18. The van der Waals surface area contributed by atoms with Gasteiger partial charge in [0.2, 0.25) is 0 Å². The lowest BCUT2D eigenvalue weighted by Gasteiger charge is -2.17. The zero-order valence-corrected chi connectivity index (χ0v) is 13.7. The number of aromatic nitrogens is 1. The normalized spacial score (nSPS) is 11.2. The number of rotatable bonds is 5. The van der Waals surface area contributed by atoms with Gasteiger partial charge in [0.05, 0.1) is 17.5 Å². The number of pyridine rings is 1. The molecule has 22 heavy (non-hydrogen) atoms. The summed E-state index contributed by atoms with van der Waals surface area (Å²) in [6, 6.07) is 11.4. The molecule has 0 saturated heterocycles. The molecule has 0 amide bonds. The fraction of sp³-hybridized carbons (Fsp3) is 0.389. The minimum absolute atomic E-state index is 0.111. The van der Waals surface area contributed by atoms with Gasteiger partial charge in [0.25, 0.3) is 5.56 Å². The summed E-state index contributed by atoms with van der Waals surface area (Å²) >= 11 is 0. The van der Waals surface area contributed by atoms with Gasteiger partial charge < -0.3 is 15.0 Å². The lowest BCUT2D eigenvalue weighted by molar-refractivity contribution is 0.242. The largest absolute Gasteiger partial charge is 0.491 e. The van der Waals surface area contributed by atoms with Crippen molar-refractivity contribution in [1.82, 2.24) is 4.57 Å². The number of anilines is 1. The number of nitrogens with two attached hydrogens (primary N) is 1. The second kappa shape index (κ2) is 6.69. The average Bonchev–Trinajstić information content (AvgIpc) is 2.43. The number of ether oxygens (including phenoxy) is 1. The summed E-state index contributed by atoms with van der Waals surface area (Å²) in [5.74, 6) is 1.15. The Labute approximate surface area is 131 Å². The van der Waals surface area contributed by atoms with E-state index in [2.05, 4.69) is 13.8 Å². The summed E-state index contributed by atoms with van der Waals surface area (Å²) in [4.78, 5) is 12.4. The maximum Gasteiger partial charge on any atom is 0.274 e. The molecule has 2 aromatic rings. The van der Waals surface area contributed by atoms with Gasteiger partial charge >= 0.3 is 0 Å². The summed E-state index contributed by atoms with van der Waals surface area (Å²) < 4.78 is 7.48. The topological polar surface area (TPSA) is 57.2 Å². The van der Waals surface area contributed by atoms with Crippen LogP contribution in [0.1, 0.15) is 27.7 Å². The van der Waals surface area contributed by atoms with E-state index < -0.39 is 0 Å². The van der Waals surface area contributed by atoms with Gasteiger partial charge in [-0.2, -0.15) is 0 Å². The van der Waals surface area contributed by atoms with Crippen LogP contribution in [0.25, 0.3) is 11.3 Å². The van der Waals surface area contributed by atoms with Crippen molar-refractivity contribution in [1.29, 1.82) is 0 Å². The van der Waals surface area contributed by atoms with Gasteiger partial charge in [-0.15, -0.1) is 0 Å². The Hall–Kier alpha value is -2.23. The first kappa shape index (κ1) is 16.1. The van der Waals surface area contributed by atoms with Crippen molar-refractivity contribution < 1.29 is 4.74 Å². The van der Waals surface area contributed by atoms with Crippen molar-refractivity contribution in [2.45, 2.75) is 40.3 Å². The maximum atomic E-state index is 12.4. The maximum absolute atomic E-state index is 12.4. The molecule has 2 N–H and O–H groups in total. The Kier molecular flexibility index (Phi) is 4.91. The molecule has 0 aliphatic heterocycles. The van der Waals surface area contributed by atoms with E-state index in [0.29, 0.717) is 12.5 Å².